The van der Waals surface area contributed by atoms with Crippen LogP contribution in [-0.4, -0.2) is 20.1 Å². The Bertz CT molecular complexity index is 1040. The zero-order valence-electron chi connectivity index (χ0n) is 14.5. The maximum absolute atomic E-state index is 13.2. The third-order valence-corrected chi connectivity index (χ3v) is 4.70. The van der Waals surface area contributed by atoms with E-state index in [1.165, 1.54) is 6.33 Å². The number of aromatic nitrogens is 3. The Labute approximate surface area is 145 Å². The maximum Gasteiger partial charge on any atom is 0.262 e. The number of ether oxygens (including phenoxy) is 1. The number of hydrogen-bond donors (Lipinski definition) is 1. The van der Waals surface area contributed by atoms with Crippen LogP contribution >= 0.6 is 0 Å². The maximum atomic E-state index is 13.2. The first-order chi connectivity index (χ1) is 11.9. The molecule has 128 valence electrons. The van der Waals surface area contributed by atoms with Crippen LogP contribution in [0.25, 0.3) is 16.7 Å². The highest BCUT2D eigenvalue weighted by Crippen LogP contribution is 2.33. The zero-order valence-corrected chi connectivity index (χ0v) is 14.5. The average molecular weight is 336 g/mol. The van der Waals surface area contributed by atoms with Crippen LogP contribution in [0.5, 0.6) is 0 Å². The van der Waals surface area contributed by atoms with Gasteiger partial charge < -0.3 is 10.5 Å². The quantitative estimate of drug-likeness (QED) is 0.738. The molecule has 0 unspecified atom stereocenters. The van der Waals surface area contributed by atoms with Gasteiger partial charge in [-0.05, 0) is 38.5 Å². The van der Waals surface area contributed by atoms with E-state index in [2.05, 4.69) is 9.97 Å². The molecule has 0 saturated carbocycles. The Morgan fingerprint density at radius 1 is 1.16 bits per heavy atom. The fourth-order valence-electron chi connectivity index (χ4n) is 3.38. The first-order valence-electron chi connectivity index (χ1n) is 8.25. The summed E-state index contributed by atoms with van der Waals surface area (Å²) < 4.78 is 7.48. The first-order valence-corrected chi connectivity index (χ1v) is 8.25. The van der Waals surface area contributed by atoms with Crippen molar-refractivity contribution in [3.8, 4) is 5.69 Å². The van der Waals surface area contributed by atoms with E-state index in [-0.39, 0.29) is 17.8 Å². The molecule has 1 aromatic carbocycles. The number of anilines is 1. The van der Waals surface area contributed by atoms with Crippen LogP contribution in [0.15, 0.2) is 35.4 Å². The number of hydrogen-bond acceptors (Lipinski definition) is 5. The Morgan fingerprint density at radius 3 is 2.60 bits per heavy atom. The van der Waals surface area contributed by atoms with Gasteiger partial charge in [-0.3, -0.25) is 9.36 Å². The number of aryl methyl sites for hydroxylation is 1. The van der Waals surface area contributed by atoms with E-state index in [0.29, 0.717) is 23.4 Å². The van der Waals surface area contributed by atoms with Crippen molar-refractivity contribution in [1.82, 2.24) is 14.5 Å². The summed E-state index contributed by atoms with van der Waals surface area (Å²) in [4.78, 5) is 21.8. The van der Waals surface area contributed by atoms with E-state index in [4.69, 9.17) is 10.5 Å². The van der Waals surface area contributed by atoms with Crippen molar-refractivity contribution >= 4 is 16.9 Å². The molecule has 0 atom stereocenters. The van der Waals surface area contributed by atoms with Crippen molar-refractivity contribution in [3.05, 3.63) is 57.6 Å². The van der Waals surface area contributed by atoms with Gasteiger partial charge in [-0.25, -0.2) is 9.97 Å². The summed E-state index contributed by atoms with van der Waals surface area (Å²) in [6.45, 7) is 6.28. The van der Waals surface area contributed by atoms with Crippen LogP contribution in [0.4, 0.5) is 5.82 Å². The first kappa shape index (κ1) is 15.8. The SMILES string of the molecule is Cc1ccc(-n2c(=O)c3c(c4c(N)ncnc42)CC(C)(C)OC3)cc1. The number of nitrogens with two attached hydrogens (primary N) is 1. The van der Waals surface area contributed by atoms with Crippen molar-refractivity contribution in [3.63, 3.8) is 0 Å². The average Bonchev–Trinajstić information content (AvgIpc) is 2.55. The highest BCUT2D eigenvalue weighted by Gasteiger charge is 2.31. The number of benzene rings is 1. The van der Waals surface area contributed by atoms with Crippen LogP contribution in [0.3, 0.4) is 0 Å². The van der Waals surface area contributed by atoms with Crippen LogP contribution in [0.2, 0.25) is 0 Å². The van der Waals surface area contributed by atoms with Gasteiger partial charge in [0, 0.05) is 12.0 Å². The van der Waals surface area contributed by atoms with Crippen molar-refractivity contribution in [2.45, 2.75) is 39.4 Å². The molecule has 6 heteroatoms. The molecule has 0 aliphatic carbocycles. The predicted molar refractivity (Wildman–Crippen MR) is 96.9 cm³/mol. The normalized spacial score (nSPS) is 16.0. The number of nitrogen functional groups attached to an aromatic ring is 1. The Hall–Kier alpha value is -2.73. The summed E-state index contributed by atoms with van der Waals surface area (Å²) >= 11 is 0. The minimum absolute atomic E-state index is 0.111. The molecule has 0 spiro atoms. The molecule has 0 saturated heterocycles. The second-order valence-electron chi connectivity index (χ2n) is 7.12. The van der Waals surface area contributed by atoms with Crippen molar-refractivity contribution in [1.29, 1.82) is 0 Å². The second-order valence-corrected chi connectivity index (χ2v) is 7.12. The van der Waals surface area contributed by atoms with Gasteiger partial charge in [-0.15, -0.1) is 0 Å². The van der Waals surface area contributed by atoms with Gasteiger partial charge in [0.1, 0.15) is 12.1 Å². The van der Waals surface area contributed by atoms with E-state index in [1.807, 2.05) is 45.0 Å². The lowest BCUT2D eigenvalue weighted by molar-refractivity contribution is -0.0403. The lowest BCUT2D eigenvalue weighted by Gasteiger charge is -2.32. The molecule has 1 aliphatic rings. The summed E-state index contributed by atoms with van der Waals surface area (Å²) in [6, 6.07) is 7.76. The molecule has 25 heavy (non-hydrogen) atoms. The summed E-state index contributed by atoms with van der Waals surface area (Å²) in [5.74, 6) is 0.389. The minimum Gasteiger partial charge on any atom is -0.383 e. The zero-order chi connectivity index (χ0) is 17.8. The molecule has 6 nitrogen and oxygen atoms in total. The van der Waals surface area contributed by atoms with Crippen LogP contribution in [-0.2, 0) is 17.8 Å². The van der Waals surface area contributed by atoms with E-state index in [9.17, 15) is 4.79 Å². The minimum atomic E-state index is -0.356. The van der Waals surface area contributed by atoms with Crippen LogP contribution in [0, 0.1) is 6.92 Å². The van der Waals surface area contributed by atoms with Gasteiger partial charge in [-0.1, -0.05) is 17.7 Å². The Morgan fingerprint density at radius 2 is 1.88 bits per heavy atom. The molecule has 0 radical (unpaired) electrons. The highest BCUT2D eigenvalue weighted by molar-refractivity contribution is 5.90. The van der Waals surface area contributed by atoms with Crippen molar-refractivity contribution in [2.75, 3.05) is 5.73 Å². The highest BCUT2D eigenvalue weighted by atomic mass is 16.5. The molecule has 2 N–H and O–H groups in total. The van der Waals surface area contributed by atoms with E-state index >= 15 is 0 Å². The molecule has 2 aromatic heterocycles. The summed E-state index contributed by atoms with van der Waals surface area (Å²) in [5.41, 5.74) is 9.67. The fourth-order valence-corrected chi connectivity index (χ4v) is 3.38. The van der Waals surface area contributed by atoms with Crippen molar-refractivity contribution < 1.29 is 4.74 Å². The van der Waals surface area contributed by atoms with Gasteiger partial charge in [0.15, 0.2) is 5.65 Å². The van der Waals surface area contributed by atoms with Gasteiger partial charge in [0.05, 0.1) is 23.3 Å². The molecule has 0 amide bonds. The van der Waals surface area contributed by atoms with E-state index < -0.39 is 0 Å². The monoisotopic (exact) mass is 336 g/mol. The number of fused-ring (bicyclic) bond motifs is 3. The van der Waals surface area contributed by atoms with E-state index in [1.54, 1.807) is 4.57 Å². The lowest BCUT2D eigenvalue weighted by Crippen LogP contribution is -2.37. The summed E-state index contributed by atoms with van der Waals surface area (Å²) in [6.07, 6.45) is 2.00. The summed E-state index contributed by atoms with van der Waals surface area (Å²) in [5, 5.41) is 0.744. The number of nitrogens with zero attached hydrogens (tertiary/aromatic N) is 3. The molecule has 1 aliphatic heterocycles. The molecule has 3 aromatic rings. The van der Waals surface area contributed by atoms with Gasteiger partial charge >= 0.3 is 0 Å². The number of rotatable bonds is 1. The third kappa shape index (κ3) is 2.49. The number of pyridine rings is 1. The van der Waals surface area contributed by atoms with Gasteiger partial charge in [-0.2, -0.15) is 0 Å². The smallest absolute Gasteiger partial charge is 0.262 e. The third-order valence-electron chi connectivity index (χ3n) is 4.70. The standard InChI is InChI=1S/C19H20N4O2/c1-11-4-6-12(7-5-11)23-17-15(16(20)21-10-22-17)13-8-19(2,3)25-9-14(13)18(23)24/h4-7,10H,8-9H2,1-3H3,(H2,20,21,22). The predicted octanol–water partition coefficient (Wildman–Crippen LogP) is 2.52. The molecule has 0 bridgehead atoms. The molecule has 3 heterocycles. The molecular formula is C19H20N4O2. The summed E-state index contributed by atoms with van der Waals surface area (Å²) in [7, 11) is 0. The molecule has 0 fully saturated rings. The fraction of sp³-hybridized carbons (Fsp3) is 0.316. The van der Waals surface area contributed by atoms with Crippen molar-refractivity contribution in [2.24, 2.45) is 0 Å². The topological polar surface area (TPSA) is 83.0 Å². The van der Waals surface area contributed by atoms with Gasteiger partial charge in [0.2, 0.25) is 0 Å². The van der Waals surface area contributed by atoms with Crippen LogP contribution < -0.4 is 11.3 Å². The Kier molecular flexibility index (Phi) is 3.40. The largest absolute Gasteiger partial charge is 0.383 e. The molecular weight excluding hydrogens is 316 g/mol. The van der Waals surface area contributed by atoms with Gasteiger partial charge in [0.25, 0.3) is 5.56 Å². The lowest BCUT2D eigenvalue weighted by atomic mass is 9.90. The van der Waals surface area contributed by atoms with Crippen LogP contribution in [0.1, 0.15) is 30.5 Å². The van der Waals surface area contributed by atoms with E-state index in [0.717, 1.165) is 22.2 Å². The second kappa shape index (κ2) is 5.39. The molecule has 4 rings (SSSR count). The Balaban J connectivity index is 2.12.